The third-order valence-corrected chi connectivity index (χ3v) is 4.60. The smallest absolute Gasteiger partial charge is 0.340 e. The molecular weight excluding hydrogens is 356 g/mol. The van der Waals surface area contributed by atoms with E-state index in [-0.39, 0.29) is 10.5 Å². The van der Waals surface area contributed by atoms with E-state index in [1.807, 2.05) is 6.07 Å². The molecular formula is C18H16N2O5S. The Labute approximate surface area is 151 Å². The van der Waals surface area contributed by atoms with Crippen molar-refractivity contribution < 1.29 is 22.7 Å². The summed E-state index contributed by atoms with van der Waals surface area (Å²) in [7, 11) is -3.62. The second-order valence-corrected chi connectivity index (χ2v) is 7.48. The summed E-state index contributed by atoms with van der Waals surface area (Å²) in [6.07, 6.45) is -0.161. The topological polar surface area (TPSA) is 113 Å². The molecule has 0 aliphatic rings. The monoisotopic (exact) mass is 372 g/mol. The molecule has 8 heteroatoms. The van der Waals surface area contributed by atoms with Gasteiger partial charge in [0.2, 0.25) is 0 Å². The van der Waals surface area contributed by atoms with Crippen LogP contribution in [-0.2, 0) is 19.4 Å². The minimum absolute atomic E-state index is 0.131. The lowest BCUT2D eigenvalue weighted by atomic mass is 10.2. The Morgan fingerprint density at radius 3 is 2.31 bits per heavy atom. The van der Waals surface area contributed by atoms with Gasteiger partial charge in [0.25, 0.3) is 5.91 Å². The van der Waals surface area contributed by atoms with Gasteiger partial charge in [0.05, 0.1) is 22.1 Å². The molecule has 0 aromatic heterocycles. The van der Waals surface area contributed by atoms with Gasteiger partial charge in [-0.3, -0.25) is 4.79 Å². The lowest BCUT2D eigenvalue weighted by Crippen LogP contribution is -2.30. The van der Waals surface area contributed by atoms with Crippen LogP contribution in [-0.4, -0.2) is 32.7 Å². The van der Waals surface area contributed by atoms with Crippen LogP contribution in [0.4, 0.5) is 5.69 Å². The molecule has 0 saturated carbocycles. The second-order valence-electron chi connectivity index (χ2n) is 5.49. The molecule has 0 unspecified atom stereocenters. The molecule has 0 heterocycles. The van der Waals surface area contributed by atoms with Crippen molar-refractivity contribution in [3.8, 4) is 6.07 Å². The van der Waals surface area contributed by atoms with Crippen molar-refractivity contribution in [2.75, 3.05) is 11.6 Å². The summed E-state index contributed by atoms with van der Waals surface area (Å²) in [6.45, 7) is 1.37. The van der Waals surface area contributed by atoms with Crippen LogP contribution in [0.2, 0.25) is 0 Å². The van der Waals surface area contributed by atoms with E-state index in [1.165, 1.54) is 43.3 Å². The number of ether oxygens (including phenoxy) is 1. The highest BCUT2D eigenvalue weighted by Crippen LogP contribution is 2.17. The van der Waals surface area contributed by atoms with Crippen molar-refractivity contribution in [2.24, 2.45) is 0 Å². The lowest BCUT2D eigenvalue weighted by molar-refractivity contribution is -0.123. The molecule has 2 aromatic rings. The summed E-state index contributed by atoms with van der Waals surface area (Å²) < 4.78 is 28.6. The van der Waals surface area contributed by atoms with Crippen LogP contribution in [0, 0.1) is 11.3 Å². The molecule has 26 heavy (non-hydrogen) atoms. The molecule has 0 fully saturated rings. The van der Waals surface area contributed by atoms with Gasteiger partial charge in [-0.15, -0.1) is 0 Å². The van der Waals surface area contributed by atoms with Gasteiger partial charge in [-0.1, -0.05) is 12.1 Å². The molecule has 0 aliphatic heterocycles. The number of nitriles is 1. The predicted molar refractivity (Wildman–Crippen MR) is 94.2 cm³/mol. The van der Waals surface area contributed by atoms with Crippen LogP contribution in [0.1, 0.15) is 22.8 Å². The minimum atomic E-state index is -3.62. The first kappa shape index (κ1) is 19.1. The average molecular weight is 372 g/mol. The van der Waals surface area contributed by atoms with E-state index in [1.54, 1.807) is 12.1 Å². The summed E-state index contributed by atoms with van der Waals surface area (Å²) >= 11 is 0. The van der Waals surface area contributed by atoms with E-state index in [9.17, 15) is 18.0 Å². The molecule has 0 radical (unpaired) electrons. The van der Waals surface area contributed by atoms with Gasteiger partial charge in [0.15, 0.2) is 15.9 Å². The van der Waals surface area contributed by atoms with E-state index < -0.39 is 27.8 Å². The quantitative estimate of drug-likeness (QED) is 0.805. The van der Waals surface area contributed by atoms with Gasteiger partial charge >= 0.3 is 5.97 Å². The molecule has 0 spiro atoms. The van der Waals surface area contributed by atoms with Crippen LogP contribution >= 0.6 is 0 Å². The highest BCUT2D eigenvalue weighted by molar-refractivity contribution is 7.90. The minimum Gasteiger partial charge on any atom is -0.449 e. The molecule has 2 aromatic carbocycles. The third kappa shape index (κ3) is 4.68. The number of hydrogen-bond donors (Lipinski definition) is 1. The number of sulfone groups is 1. The zero-order valence-corrected chi connectivity index (χ0v) is 14.9. The molecule has 1 amide bonds. The summed E-state index contributed by atoms with van der Waals surface area (Å²) in [5, 5.41) is 11.3. The number of rotatable bonds is 5. The first-order valence-corrected chi connectivity index (χ1v) is 9.42. The van der Waals surface area contributed by atoms with E-state index in [0.717, 1.165) is 6.26 Å². The van der Waals surface area contributed by atoms with Crippen molar-refractivity contribution in [2.45, 2.75) is 17.9 Å². The maximum absolute atomic E-state index is 12.3. The van der Waals surface area contributed by atoms with Gasteiger partial charge in [-0.05, 0) is 43.3 Å². The van der Waals surface area contributed by atoms with Crippen molar-refractivity contribution >= 4 is 27.4 Å². The Hall–Kier alpha value is -3.18. The molecule has 0 bridgehead atoms. The van der Waals surface area contributed by atoms with Gasteiger partial charge in [-0.25, -0.2) is 13.2 Å². The number of carbonyl (C=O) groups is 2. The average Bonchev–Trinajstić information content (AvgIpc) is 2.61. The summed E-state index contributed by atoms with van der Waals surface area (Å²) in [5.41, 5.74) is 0.751. The Bertz CT molecular complexity index is 975. The highest BCUT2D eigenvalue weighted by atomic mass is 32.2. The van der Waals surface area contributed by atoms with E-state index in [2.05, 4.69) is 5.32 Å². The summed E-state index contributed by atoms with van der Waals surface area (Å²) in [5.74, 6) is -1.49. The standard InChI is InChI=1S/C18H16N2O5S/c1-12(17(21)20-14-9-7-13(11-19)8-10-14)25-18(22)15-5-3-4-6-16(15)26(2,23)24/h3-10,12H,1-2H3,(H,20,21)/t12-/m1/s1. The van der Waals surface area contributed by atoms with Gasteiger partial charge in [-0.2, -0.15) is 5.26 Å². The molecule has 2 rings (SSSR count). The SMILES string of the molecule is C[C@@H](OC(=O)c1ccccc1S(C)(=O)=O)C(=O)Nc1ccc(C#N)cc1. The number of benzene rings is 2. The normalized spacial score (nSPS) is 11.9. The second kappa shape index (κ2) is 7.80. The number of anilines is 1. The fourth-order valence-electron chi connectivity index (χ4n) is 2.11. The molecule has 1 N–H and O–H groups in total. The number of esters is 1. The van der Waals surface area contributed by atoms with Crippen molar-refractivity contribution in [3.05, 3.63) is 59.7 Å². The van der Waals surface area contributed by atoms with Crippen molar-refractivity contribution in [1.29, 1.82) is 5.26 Å². The third-order valence-electron chi connectivity index (χ3n) is 3.44. The molecule has 1 atom stereocenters. The fourth-order valence-corrected chi connectivity index (χ4v) is 2.98. The van der Waals surface area contributed by atoms with Crippen LogP contribution in [0.25, 0.3) is 0 Å². The lowest BCUT2D eigenvalue weighted by Gasteiger charge is -2.14. The van der Waals surface area contributed by atoms with E-state index >= 15 is 0 Å². The molecule has 0 saturated heterocycles. The zero-order valence-electron chi connectivity index (χ0n) is 14.1. The largest absolute Gasteiger partial charge is 0.449 e. The first-order valence-electron chi connectivity index (χ1n) is 7.53. The van der Waals surface area contributed by atoms with Gasteiger partial charge < -0.3 is 10.1 Å². The molecule has 0 aliphatic carbocycles. The van der Waals surface area contributed by atoms with Crippen LogP contribution in [0.3, 0.4) is 0 Å². The van der Waals surface area contributed by atoms with Crippen molar-refractivity contribution in [1.82, 2.24) is 0 Å². The number of amides is 1. The number of nitrogens with one attached hydrogen (secondary N) is 1. The van der Waals surface area contributed by atoms with Crippen molar-refractivity contribution in [3.63, 3.8) is 0 Å². The Kier molecular flexibility index (Phi) is 5.75. The first-order chi connectivity index (χ1) is 12.2. The highest BCUT2D eigenvalue weighted by Gasteiger charge is 2.23. The van der Waals surface area contributed by atoms with Crippen LogP contribution < -0.4 is 5.32 Å². The summed E-state index contributed by atoms with van der Waals surface area (Å²) in [4.78, 5) is 24.2. The summed E-state index contributed by atoms with van der Waals surface area (Å²) in [6, 6.07) is 13.7. The van der Waals surface area contributed by atoms with E-state index in [4.69, 9.17) is 10.00 Å². The fraction of sp³-hybridized carbons (Fsp3) is 0.167. The Balaban J connectivity index is 2.09. The molecule has 7 nitrogen and oxygen atoms in total. The maximum atomic E-state index is 12.3. The predicted octanol–water partition coefficient (Wildman–Crippen LogP) is 2.15. The van der Waals surface area contributed by atoms with Gasteiger partial charge in [0.1, 0.15) is 0 Å². The number of nitrogens with zero attached hydrogens (tertiary/aromatic N) is 1. The Morgan fingerprint density at radius 2 is 1.73 bits per heavy atom. The number of hydrogen-bond acceptors (Lipinski definition) is 6. The van der Waals surface area contributed by atoms with Crippen LogP contribution in [0.5, 0.6) is 0 Å². The van der Waals surface area contributed by atoms with Gasteiger partial charge in [0, 0.05) is 11.9 Å². The molecule has 134 valence electrons. The van der Waals surface area contributed by atoms with E-state index in [0.29, 0.717) is 11.3 Å². The number of carbonyl (C=O) groups excluding carboxylic acids is 2. The Morgan fingerprint density at radius 1 is 1.12 bits per heavy atom. The maximum Gasteiger partial charge on any atom is 0.340 e. The zero-order chi connectivity index (χ0) is 19.3. The van der Waals surface area contributed by atoms with Crippen LogP contribution in [0.15, 0.2) is 53.4 Å².